The van der Waals surface area contributed by atoms with E-state index in [-0.39, 0.29) is 42.4 Å². The summed E-state index contributed by atoms with van der Waals surface area (Å²) in [6, 6.07) is 0. The number of aromatic nitrogens is 2. The predicted molar refractivity (Wildman–Crippen MR) is 105 cm³/mol. The monoisotopic (exact) mass is 406 g/mol. The molecule has 1 aliphatic heterocycles. The molecule has 2 amide bonds. The van der Waals surface area contributed by atoms with Crippen molar-refractivity contribution in [3.05, 3.63) is 23.8 Å². The lowest BCUT2D eigenvalue weighted by molar-refractivity contribution is -0.151. The molecule has 0 aliphatic carbocycles. The molecule has 0 spiro atoms. The van der Waals surface area contributed by atoms with Crippen molar-refractivity contribution in [3.8, 4) is 0 Å². The van der Waals surface area contributed by atoms with Crippen molar-refractivity contribution in [3.63, 3.8) is 0 Å². The Balaban J connectivity index is 1.95. The van der Waals surface area contributed by atoms with Gasteiger partial charge in [0.25, 0.3) is 5.91 Å². The Hall–Kier alpha value is -2.55. The Bertz CT molecular complexity index is 695. The molecule has 0 N–H and O–H groups in total. The number of esters is 1. The summed E-state index contributed by atoms with van der Waals surface area (Å²) in [5.41, 5.74) is 0.959. The highest BCUT2D eigenvalue weighted by molar-refractivity contribution is 5.92. The first kappa shape index (κ1) is 22.7. The number of nitrogens with zero attached hydrogens (tertiary/aromatic N) is 4. The van der Waals surface area contributed by atoms with Crippen LogP contribution in [0.15, 0.2) is 12.4 Å². The van der Waals surface area contributed by atoms with E-state index in [9.17, 15) is 14.4 Å². The summed E-state index contributed by atoms with van der Waals surface area (Å²) >= 11 is 0. The summed E-state index contributed by atoms with van der Waals surface area (Å²) in [5.74, 6) is -0.892. The molecule has 0 aromatic carbocycles. The van der Waals surface area contributed by atoms with Crippen molar-refractivity contribution in [2.45, 2.75) is 33.1 Å². The molecule has 1 fully saturated rings. The lowest BCUT2D eigenvalue weighted by Gasteiger charge is -2.32. The number of rotatable bonds is 9. The number of amides is 2. The van der Waals surface area contributed by atoms with E-state index >= 15 is 0 Å². The number of hydrogen-bond acceptors (Lipinski definition) is 7. The standard InChI is InChI=1S/C20H30N4O5/c1-4-29-20(27)16-6-5-8-24(14-16)18(25)7-9-23(10-11-28-3)19(26)17-13-21-15(2)12-22-17/h12-13,16H,4-11,14H2,1-3H3/t16-/m0/s1. The smallest absolute Gasteiger partial charge is 0.310 e. The van der Waals surface area contributed by atoms with E-state index < -0.39 is 0 Å². The zero-order valence-electron chi connectivity index (χ0n) is 17.4. The minimum atomic E-state index is -0.287. The van der Waals surface area contributed by atoms with Gasteiger partial charge in [-0.25, -0.2) is 4.98 Å². The number of hydrogen-bond donors (Lipinski definition) is 0. The van der Waals surface area contributed by atoms with Crippen LogP contribution in [0.4, 0.5) is 0 Å². The number of methoxy groups -OCH3 is 1. The van der Waals surface area contributed by atoms with Gasteiger partial charge in [0.2, 0.25) is 5.91 Å². The van der Waals surface area contributed by atoms with Crippen LogP contribution in [0.5, 0.6) is 0 Å². The molecule has 0 unspecified atom stereocenters. The second-order valence-corrected chi connectivity index (χ2v) is 7.01. The average Bonchev–Trinajstić information content (AvgIpc) is 2.74. The predicted octanol–water partition coefficient (Wildman–Crippen LogP) is 1.07. The highest BCUT2D eigenvalue weighted by Gasteiger charge is 2.29. The Labute approximate surface area is 171 Å². The average molecular weight is 406 g/mol. The fraction of sp³-hybridized carbons (Fsp3) is 0.650. The van der Waals surface area contributed by atoms with Gasteiger partial charge in [-0.15, -0.1) is 0 Å². The lowest BCUT2D eigenvalue weighted by atomic mass is 9.98. The summed E-state index contributed by atoms with van der Waals surface area (Å²) in [4.78, 5) is 48.9. The molecule has 0 saturated carbocycles. The maximum Gasteiger partial charge on any atom is 0.310 e. The van der Waals surface area contributed by atoms with Crippen LogP contribution in [-0.4, -0.2) is 84.1 Å². The second-order valence-electron chi connectivity index (χ2n) is 7.01. The zero-order valence-corrected chi connectivity index (χ0v) is 17.4. The van der Waals surface area contributed by atoms with Crippen LogP contribution in [0.25, 0.3) is 0 Å². The topological polar surface area (TPSA) is 102 Å². The Kier molecular flexibility index (Phi) is 8.98. The maximum atomic E-state index is 12.7. The van der Waals surface area contributed by atoms with Gasteiger partial charge in [-0.05, 0) is 26.7 Å². The van der Waals surface area contributed by atoms with Gasteiger partial charge < -0.3 is 19.3 Å². The molecule has 9 nitrogen and oxygen atoms in total. The number of carbonyl (C=O) groups excluding carboxylic acids is 3. The molecular formula is C20H30N4O5. The van der Waals surface area contributed by atoms with Crippen LogP contribution in [0, 0.1) is 12.8 Å². The third kappa shape index (κ3) is 6.77. The molecule has 9 heteroatoms. The van der Waals surface area contributed by atoms with Gasteiger partial charge in [-0.3, -0.25) is 19.4 Å². The second kappa shape index (κ2) is 11.5. The number of carbonyl (C=O) groups is 3. The highest BCUT2D eigenvalue weighted by atomic mass is 16.5. The van der Waals surface area contributed by atoms with Gasteiger partial charge >= 0.3 is 5.97 Å². The van der Waals surface area contributed by atoms with E-state index in [2.05, 4.69) is 9.97 Å². The SMILES string of the molecule is CCOC(=O)[C@H]1CCCN(C(=O)CCN(CCOC)C(=O)c2cnc(C)cn2)C1. The third-order valence-corrected chi connectivity index (χ3v) is 4.84. The first-order valence-electron chi connectivity index (χ1n) is 9.97. The minimum Gasteiger partial charge on any atom is -0.466 e. The van der Waals surface area contributed by atoms with E-state index in [0.717, 1.165) is 18.5 Å². The maximum absolute atomic E-state index is 12.7. The molecule has 1 aromatic rings. The van der Waals surface area contributed by atoms with Gasteiger partial charge in [0.05, 0.1) is 31.0 Å². The first-order valence-corrected chi connectivity index (χ1v) is 9.97. The molecule has 1 aliphatic rings. The molecule has 29 heavy (non-hydrogen) atoms. The molecule has 160 valence electrons. The van der Waals surface area contributed by atoms with E-state index in [1.807, 2.05) is 0 Å². The van der Waals surface area contributed by atoms with Crippen LogP contribution >= 0.6 is 0 Å². The third-order valence-electron chi connectivity index (χ3n) is 4.84. The van der Waals surface area contributed by atoms with E-state index in [4.69, 9.17) is 9.47 Å². The summed E-state index contributed by atoms with van der Waals surface area (Å²) < 4.78 is 10.2. The molecule has 0 radical (unpaired) electrons. The van der Waals surface area contributed by atoms with Crippen LogP contribution in [0.2, 0.25) is 0 Å². The van der Waals surface area contributed by atoms with Gasteiger partial charge in [0, 0.05) is 45.9 Å². The summed E-state index contributed by atoms with van der Waals surface area (Å²) in [5, 5.41) is 0. The Morgan fingerprint density at radius 1 is 1.24 bits per heavy atom. The van der Waals surface area contributed by atoms with Crippen LogP contribution in [-0.2, 0) is 19.1 Å². The molecule has 2 rings (SSSR count). The van der Waals surface area contributed by atoms with Gasteiger partial charge in [0.1, 0.15) is 5.69 Å². The molecule has 2 heterocycles. The molecule has 1 atom stereocenters. The van der Waals surface area contributed by atoms with Crippen molar-refractivity contribution in [1.29, 1.82) is 0 Å². The summed E-state index contributed by atoms with van der Waals surface area (Å²) in [7, 11) is 1.56. The fourth-order valence-corrected chi connectivity index (χ4v) is 3.23. The Morgan fingerprint density at radius 3 is 2.69 bits per heavy atom. The van der Waals surface area contributed by atoms with Crippen molar-refractivity contribution in [2.75, 3.05) is 46.5 Å². The fourth-order valence-electron chi connectivity index (χ4n) is 3.23. The van der Waals surface area contributed by atoms with Crippen molar-refractivity contribution < 1.29 is 23.9 Å². The normalized spacial score (nSPS) is 16.4. The molecule has 0 bridgehead atoms. The molecule has 1 aromatic heterocycles. The number of piperidine rings is 1. The van der Waals surface area contributed by atoms with Crippen molar-refractivity contribution >= 4 is 17.8 Å². The van der Waals surface area contributed by atoms with E-state index in [1.54, 1.807) is 30.8 Å². The van der Waals surface area contributed by atoms with Gasteiger partial charge in [-0.1, -0.05) is 0 Å². The highest BCUT2D eigenvalue weighted by Crippen LogP contribution is 2.19. The first-order chi connectivity index (χ1) is 14.0. The van der Waals surface area contributed by atoms with Crippen molar-refractivity contribution in [2.24, 2.45) is 5.92 Å². The van der Waals surface area contributed by atoms with Crippen molar-refractivity contribution in [1.82, 2.24) is 19.8 Å². The van der Waals surface area contributed by atoms with Crippen LogP contribution < -0.4 is 0 Å². The largest absolute Gasteiger partial charge is 0.466 e. The minimum absolute atomic E-state index is 0.0794. The summed E-state index contributed by atoms with van der Waals surface area (Å²) in [6.45, 7) is 5.84. The quantitative estimate of drug-likeness (QED) is 0.565. The summed E-state index contributed by atoms with van der Waals surface area (Å²) in [6.07, 6.45) is 4.64. The van der Waals surface area contributed by atoms with Gasteiger partial charge in [0.15, 0.2) is 0 Å². The molecular weight excluding hydrogens is 376 g/mol. The lowest BCUT2D eigenvalue weighted by Crippen LogP contribution is -2.44. The number of likely N-dealkylation sites (tertiary alicyclic amines) is 1. The van der Waals surface area contributed by atoms with E-state index in [0.29, 0.717) is 32.8 Å². The Morgan fingerprint density at radius 2 is 2.03 bits per heavy atom. The van der Waals surface area contributed by atoms with Crippen LogP contribution in [0.1, 0.15) is 42.4 Å². The van der Waals surface area contributed by atoms with E-state index in [1.165, 1.54) is 12.4 Å². The van der Waals surface area contributed by atoms with Gasteiger partial charge in [-0.2, -0.15) is 0 Å². The zero-order chi connectivity index (χ0) is 21.2. The number of ether oxygens (including phenoxy) is 2. The van der Waals surface area contributed by atoms with Crippen LogP contribution in [0.3, 0.4) is 0 Å². The molecule has 1 saturated heterocycles. The number of aryl methyl sites for hydroxylation is 1.